The van der Waals surface area contributed by atoms with Crippen LogP contribution in [-0.2, 0) is 0 Å². The molecule has 1 saturated heterocycles. The van der Waals surface area contributed by atoms with E-state index in [4.69, 9.17) is 0 Å². The molecule has 1 rings (SSSR count). The average molecular weight is 162 g/mol. The van der Waals surface area contributed by atoms with E-state index in [0.29, 0.717) is 0 Å². The minimum Gasteiger partial charge on any atom is -0.146 e. The molecule has 0 N–H and O–H groups in total. The van der Waals surface area contributed by atoms with E-state index < -0.39 is 0 Å². The van der Waals surface area contributed by atoms with Crippen molar-refractivity contribution >= 4 is 23.5 Å². The average Bonchev–Trinajstić information content (AvgIpc) is 2.34. The van der Waals surface area contributed by atoms with Gasteiger partial charge in [-0.1, -0.05) is 13.8 Å². The zero-order valence-corrected chi connectivity index (χ0v) is 7.73. The van der Waals surface area contributed by atoms with Crippen LogP contribution in [0.3, 0.4) is 0 Å². The van der Waals surface area contributed by atoms with Crippen molar-refractivity contribution in [2.45, 2.75) is 36.5 Å². The van der Waals surface area contributed by atoms with Gasteiger partial charge in [-0.15, -0.1) is 23.5 Å². The highest BCUT2D eigenvalue weighted by atomic mass is 32.2. The first-order valence-electron chi connectivity index (χ1n) is 3.63. The fourth-order valence-corrected chi connectivity index (χ4v) is 4.22. The Morgan fingerprint density at radius 2 is 2.11 bits per heavy atom. The molecule has 0 spiro atoms. The molecule has 0 aromatic heterocycles. The monoisotopic (exact) mass is 162 g/mol. The summed E-state index contributed by atoms with van der Waals surface area (Å²) in [5.74, 6) is 1.39. The topological polar surface area (TPSA) is 0 Å². The predicted molar refractivity (Wildman–Crippen MR) is 48.2 cm³/mol. The summed E-state index contributed by atoms with van der Waals surface area (Å²) in [5, 5.41) is 0.958. The number of hydrogen-bond acceptors (Lipinski definition) is 2. The van der Waals surface area contributed by atoms with Crippen molar-refractivity contribution in [3.63, 3.8) is 0 Å². The van der Waals surface area contributed by atoms with Gasteiger partial charge >= 0.3 is 0 Å². The summed E-state index contributed by atoms with van der Waals surface area (Å²) in [4.78, 5) is 0. The maximum absolute atomic E-state index is 2.29. The molecule has 9 heavy (non-hydrogen) atoms. The van der Waals surface area contributed by atoms with Crippen LogP contribution in [0.1, 0.15) is 26.7 Å². The molecule has 1 heterocycles. The molecule has 0 aliphatic carbocycles. The van der Waals surface area contributed by atoms with Crippen LogP contribution in [0.15, 0.2) is 0 Å². The van der Waals surface area contributed by atoms with E-state index in [1.807, 2.05) is 0 Å². The van der Waals surface area contributed by atoms with Crippen LogP contribution in [0.25, 0.3) is 0 Å². The quantitative estimate of drug-likeness (QED) is 0.612. The SMILES string of the molecule is CCC1CSC(CC)S1. The lowest BCUT2D eigenvalue weighted by molar-refractivity contribution is 0.923. The zero-order chi connectivity index (χ0) is 6.69. The van der Waals surface area contributed by atoms with Crippen LogP contribution in [0, 0.1) is 0 Å². The number of thioether (sulfide) groups is 2. The summed E-state index contributed by atoms with van der Waals surface area (Å²) in [6.07, 6.45) is 2.69. The lowest BCUT2D eigenvalue weighted by atomic mass is 10.4. The molecule has 0 nitrogen and oxygen atoms in total. The van der Waals surface area contributed by atoms with Gasteiger partial charge in [0.2, 0.25) is 0 Å². The third-order valence-electron chi connectivity index (χ3n) is 1.60. The summed E-state index contributed by atoms with van der Waals surface area (Å²) < 4.78 is 0.912. The van der Waals surface area contributed by atoms with E-state index in [9.17, 15) is 0 Å². The second-order valence-electron chi connectivity index (χ2n) is 2.34. The lowest BCUT2D eigenvalue weighted by Gasteiger charge is -2.03. The smallest absolute Gasteiger partial charge is 0.0503 e. The Morgan fingerprint density at radius 1 is 1.33 bits per heavy atom. The molecule has 2 heteroatoms. The summed E-state index contributed by atoms with van der Waals surface area (Å²) in [5.41, 5.74) is 0. The van der Waals surface area contributed by atoms with Crippen LogP contribution in [-0.4, -0.2) is 15.6 Å². The molecule has 0 amide bonds. The number of rotatable bonds is 2. The van der Waals surface area contributed by atoms with E-state index in [-0.39, 0.29) is 0 Å². The third kappa shape index (κ3) is 2.08. The van der Waals surface area contributed by atoms with Gasteiger partial charge in [-0.3, -0.25) is 0 Å². The van der Waals surface area contributed by atoms with Gasteiger partial charge in [0.1, 0.15) is 0 Å². The van der Waals surface area contributed by atoms with E-state index in [1.165, 1.54) is 18.6 Å². The van der Waals surface area contributed by atoms with Crippen LogP contribution in [0.5, 0.6) is 0 Å². The highest BCUT2D eigenvalue weighted by Gasteiger charge is 2.22. The summed E-state index contributed by atoms with van der Waals surface area (Å²) in [7, 11) is 0. The van der Waals surface area contributed by atoms with Crippen molar-refractivity contribution in [3.05, 3.63) is 0 Å². The largest absolute Gasteiger partial charge is 0.146 e. The van der Waals surface area contributed by atoms with Crippen molar-refractivity contribution in [3.8, 4) is 0 Å². The van der Waals surface area contributed by atoms with Gasteiger partial charge in [0.15, 0.2) is 0 Å². The predicted octanol–water partition coefficient (Wildman–Crippen LogP) is 2.98. The van der Waals surface area contributed by atoms with Gasteiger partial charge < -0.3 is 0 Å². The Bertz CT molecular complexity index is 73.0. The Morgan fingerprint density at radius 3 is 2.44 bits per heavy atom. The van der Waals surface area contributed by atoms with E-state index >= 15 is 0 Å². The van der Waals surface area contributed by atoms with E-state index in [0.717, 1.165) is 9.83 Å². The van der Waals surface area contributed by atoms with Crippen molar-refractivity contribution in [2.75, 3.05) is 5.75 Å². The molecular formula is C7H14S2. The van der Waals surface area contributed by atoms with Crippen molar-refractivity contribution in [1.82, 2.24) is 0 Å². The minimum atomic E-state index is 0.912. The van der Waals surface area contributed by atoms with Crippen molar-refractivity contribution in [1.29, 1.82) is 0 Å². The molecule has 1 aliphatic heterocycles. The maximum Gasteiger partial charge on any atom is 0.0503 e. The summed E-state index contributed by atoms with van der Waals surface area (Å²) >= 11 is 4.31. The standard InChI is InChI=1S/C7H14S2/c1-3-6-5-8-7(4-2)9-6/h6-7H,3-5H2,1-2H3. The Kier molecular flexibility index (Phi) is 3.27. The maximum atomic E-state index is 2.29. The Labute approximate surface area is 66.2 Å². The molecule has 0 aromatic carbocycles. The van der Waals surface area contributed by atoms with Crippen LogP contribution in [0.4, 0.5) is 0 Å². The fraction of sp³-hybridized carbons (Fsp3) is 1.00. The van der Waals surface area contributed by atoms with Gasteiger partial charge in [0, 0.05) is 11.0 Å². The molecule has 0 radical (unpaired) electrons. The van der Waals surface area contributed by atoms with Gasteiger partial charge in [0.25, 0.3) is 0 Å². The summed E-state index contributed by atoms with van der Waals surface area (Å²) in [6.45, 7) is 4.57. The highest BCUT2D eigenvalue weighted by Crippen LogP contribution is 2.40. The zero-order valence-electron chi connectivity index (χ0n) is 6.09. The molecule has 2 unspecified atom stereocenters. The minimum absolute atomic E-state index is 0.912. The summed E-state index contributed by atoms with van der Waals surface area (Å²) in [6, 6.07) is 0. The fourth-order valence-electron chi connectivity index (χ4n) is 0.936. The molecule has 0 bridgehead atoms. The highest BCUT2D eigenvalue weighted by molar-refractivity contribution is 8.20. The second-order valence-corrected chi connectivity index (χ2v) is 5.38. The van der Waals surface area contributed by atoms with Crippen LogP contribution in [0.2, 0.25) is 0 Å². The van der Waals surface area contributed by atoms with Gasteiger partial charge in [-0.25, -0.2) is 0 Å². The third-order valence-corrected chi connectivity index (χ3v) is 5.38. The normalized spacial score (nSPS) is 35.3. The molecular weight excluding hydrogens is 148 g/mol. The Balaban J connectivity index is 2.20. The van der Waals surface area contributed by atoms with Gasteiger partial charge in [-0.05, 0) is 12.8 Å². The van der Waals surface area contributed by atoms with Crippen LogP contribution < -0.4 is 0 Å². The van der Waals surface area contributed by atoms with Crippen molar-refractivity contribution < 1.29 is 0 Å². The van der Waals surface area contributed by atoms with Gasteiger partial charge in [-0.2, -0.15) is 0 Å². The molecule has 0 saturated carbocycles. The van der Waals surface area contributed by atoms with E-state index in [2.05, 4.69) is 37.4 Å². The second kappa shape index (κ2) is 3.77. The molecule has 1 fully saturated rings. The first kappa shape index (κ1) is 7.80. The number of hydrogen-bond donors (Lipinski definition) is 0. The van der Waals surface area contributed by atoms with Crippen molar-refractivity contribution in [2.24, 2.45) is 0 Å². The molecule has 54 valence electrons. The molecule has 2 atom stereocenters. The van der Waals surface area contributed by atoms with Gasteiger partial charge in [0.05, 0.1) is 4.58 Å². The van der Waals surface area contributed by atoms with E-state index in [1.54, 1.807) is 0 Å². The first-order chi connectivity index (χ1) is 4.36. The first-order valence-corrected chi connectivity index (χ1v) is 5.63. The Hall–Kier alpha value is 0.700. The lowest BCUT2D eigenvalue weighted by Crippen LogP contribution is -1.96. The molecule has 0 aromatic rings. The van der Waals surface area contributed by atoms with Crippen LogP contribution >= 0.6 is 23.5 Å². The molecule has 1 aliphatic rings.